The minimum atomic E-state index is -1.27. The molecule has 0 radical (unpaired) electrons. The van der Waals surface area contributed by atoms with Crippen LogP contribution in [0.1, 0.15) is 47.0 Å². The number of rotatable bonds is 11. The van der Waals surface area contributed by atoms with Gasteiger partial charge in [-0.2, -0.15) is 0 Å². The maximum Gasteiger partial charge on any atom is 0.326 e. The van der Waals surface area contributed by atoms with Crippen LogP contribution in [0.5, 0.6) is 0 Å². The summed E-state index contributed by atoms with van der Waals surface area (Å²) in [6.07, 6.45) is 0.0332. The summed E-state index contributed by atoms with van der Waals surface area (Å²) in [6, 6.07) is -2.94. The molecule has 0 heterocycles. The first-order valence-electron chi connectivity index (χ1n) is 8.33. The molecule has 3 unspecified atom stereocenters. The topological polar surface area (TPSA) is 165 Å². The molecule has 0 aliphatic rings. The molecule has 0 aromatic carbocycles. The van der Waals surface area contributed by atoms with Gasteiger partial charge in [0.05, 0.1) is 6.04 Å². The Morgan fingerprint density at radius 1 is 0.960 bits per heavy atom. The molecule has 0 aromatic rings. The van der Waals surface area contributed by atoms with E-state index in [-0.39, 0.29) is 24.7 Å². The molecule has 3 amide bonds. The van der Waals surface area contributed by atoms with Crippen LogP contribution in [0, 0.1) is 11.8 Å². The van der Waals surface area contributed by atoms with Crippen molar-refractivity contribution in [1.29, 1.82) is 0 Å². The Morgan fingerprint density at radius 3 is 1.88 bits per heavy atom. The number of hydrogen-bond donors (Lipinski definition) is 5. The van der Waals surface area contributed by atoms with Gasteiger partial charge in [0.25, 0.3) is 0 Å². The van der Waals surface area contributed by atoms with E-state index in [9.17, 15) is 19.2 Å². The Balaban J connectivity index is 5.05. The molecule has 0 fully saturated rings. The fourth-order valence-corrected chi connectivity index (χ4v) is 2.09. The predicted octanol–water partition coefficient (Wildman–Crippen LogP) is -0.664. The highest BCUT2D eigenvalue weighted by Gasteiger charge is 2.29. The zero-order chi connectivity index (χ0) is 19.7. The van der Waals surface area contributed by atoms with Crippen LogP contribution >= 0.6 is 0 Å². The highest BCUT2D eigenvalue weighted by molar-refractivity contribution is 5.92. The van der Waals surface area contributed by atoms with Gasteiger partial charge >= 0.3 is 5.97 Å². The third-order valence-corrected chi connectivity index (χ3v) is 3.66. The smallest absolute Gasteiger partial charge is 0.326 e. The average Bonchev–Trinajstić information content (AvgIpc) is 2.48. The van der Waals surface area contributed by atoms with Gasteiger partial charge in [0.2, 0.25) is 17.7 Å². The van der Waals surface area contributed by atoms with Crippen molar-refractivity contribution >= 4 is 23.7 Å². The Bertz CT molecular complexity index is 493. The van der Waals surface area contributed by atoms with Crippen molar-refractivity contribution in [1.82, 2.24) is 10.6 Å². The third kappa shape index (κ3) is 9.04. The van der Waals surface area contributed by atoms with Gasteiger partial charge in [-0.25, -0.2) is 4.79 Å². The maximum atomic E-state index is 12.4. The zero-order valence-corrected chi connectivity index (χ0v) is 15.2. The van der Waals surface area contributed by atoms with E-state index in [1.54, 1.807) is 13.8 Å². The highest BCUT2D eigenvalue weighted by Crippen LogP contribution is 2.08. The number of aliphatic carboxylic acids is 1. The molecule has 3 atom stereocenters. The molecule has 25 heavy (non-hydrogen) atoms. The summed E-state index contributed by atoms with van der Waals surface area (Å²) in [4.78, 5) is 46.6. The lowest BCUT2D eigenvalue weighted by Crippen LogP contribution is -2.55. The number of nitrogens with one attached hydrogen (secondary N) is 2. The fraction of sp³-hybridized carbons (Fsp3) is 0.750. The third-order valence-electron chi connectivity index (χ3n) is 3.66. The van der Waals surface area contributed by atoms with Gasteiger partial charge in [0.1, 0.15) is 12.1 Å². The summed E-state index contributed by atoms with van der Waals surface area (Å²) < 4.78 is 0. The minimum absolute atomic E-state index is 0.0835. The van der Waals surface area contributed by atoms with Crippen molar-refractivity contribution in [2.75, 3.05) is 0 Å². The van der Waals surface area contributed by atoms with Gasteiger partial charge in [0.15, 0.2) is 0 Å². The number of nitrogens with two attached hydrogens (primary N) is 2. The van der Waals surface area contributed by atoms with Gasteiger partial charge in [-0.1, -0.05) is 27.7 Å². The summed E-state index contributed by atoms with van der Waals surface area (Å²) >= 11 is 0. The van der Waals surface area contributed by atoms with E-state index in [4.69, 9.17) is 16.6 Å². The molecule has 9 nitrogen and oxygen atoms in total. The van der Waals surface area contributed by atoms with Crippen molar-refractivity contribution in [3.63, 3.8) is 0 Å². The molecule has 0 aliphatic heterocycles. The Hall–Kier alpha value is -2.16. The van der Waals surface area contributed by atoms with Gasteiger partial charge in [-0.05, 0) is 24.7 Å². The second kappa shape index (κ2) is 10.7. The van der Waals surface area contributed by atoms with Crippen LogP contribution < -0.4 is 22.1 Å². The second-order valence-electron chi connectivity index (χ2n) is 6.86. The molecule has 7 N–H and O–H groups in total. The summed E-state index contributed by atoms with van der Waals surface area (Å²) in [6.45, 7) is 7.31. The standard InChI is InChI=1S/C16H30N4O5/c1-8(2)7-11(20-15(23)13(18)9(3)4)14(22)19-10(16(24)25)5-6-12(17)21/h8-11,13H,5-7,18H2,1-4H3,(H2,17,21)(H,19,22)(H,20,23)(H,24,25). The molecule has 0 spiro atoms. The number of amides is 3. The lowest BCUT2D eigenvalue weighted by molar-refractivity contribution is -0.142. The van der Waals surface area contributed by atoms with Crippen LogP contribution in [0.15, 0.2) is 0 Å². The number of carboxylic acids is 1. The monoisotopic (exact) mass is 358 g/mol. The van der Waals surface area contributed by atoms with Gasteiger partial charge in [-0.3, -0.25) is 14.4 Å². The van der Waals surface area contributed by atoms with Crippen molar-refractivity contribution < 1.29 is 24.3 Å². The van der Waals surface area contributed by atoms with Gasteiger partial charge in [0, 0.05) is 6.42 Å². The lowest BCUT2D eigenvalue weighted by atomic mass is 10.00. The Kier molecular flexibility index (Phi) is 9.73. The van der Waals surface area contributed by atoms with Crippen LogP contribution in [0.3, 0.4) is 0 Å². The predicted molar refractivity (Wildman–Crippen MR) is 92.2 cm³/mol. The molecule has 144 valence electrons. The fourth-order valence-electron chi connectivity index (χ4n) is 2.09. The molecule has 0 saturated heterocycles. The van der Waals surface area contributed by atoms with E-state index in [1.165, 1.54) is 0 Å². The minimum Gasteiger partial charge on any atom is -0.480 e. The normalized spacial score (nSPS) is 14.7. The number of carbonyl (C=O) groups excluding carboxylic acids is 3. The quantitative estimate of drug-likeness (QED) is 0.329. The molecule has 0 rings (SSSR count). The maximum absolute atomic E-state index is 12.4. The van der Waals surface area contributed by atoms with E-state index in [1.807, 2.05) is 13.8 Å². The second-order valence-corrected chi connectivity index (χ2v) is 6.86. The van der Waals surface area contributed by atoms with E-state index >= 15 is 0 Å². The van der Waals surface area contributed by atoms with Crippen LogP contribution in [-0.2, 0) is 19.2 Å². The number of hydrogen-bond acceptors (Lipinski definition) is 5. The molecular formula is C16H30N4O5. The lowest BCUT2D eigenvalue weighted by Gasteiger charge is -2.24. The number of carboxylic acid groups (broad SMARTS) is 1. The summed E-state index contributed by atoms with van der Waals surface area (Å²) in [5.41, 5.74) is 10.8. The zero-order valence-electron chi connectivity index (χ0n) is 15.2. The van der Waals surface area contributed by atoms with E-state index in [0.29, 0.717) is 6.42 Å². The SMILES string of the molecule is CC(C)CC(NC(=O)C(N)C(C)C)C(=O)NC(CCC(N)=O)C(=O)O. The highest BCUT2D eigenvalue weighted by atomic mass is 16.4. The average molecular weight is 358 g/mol. The van der Waals surface area contributed by atoms with Crippen LogP contribution in [-0.4, -0.2) is 46.9 Å². The van der Waals surface area contributed by atoms with E-state index < -0.39 is 41.8 Å². The molecule has 0 aromatic heterocycles. The molecule has 0 bridgehead atoms. The van der Waals surface area contributed by atoms with Crippen LogP contribution in [0.25, 0.3) is 0 Å². The summed E-state index contributed by atoms with van der Waals surface area (Å²) in [5.74, 6) is -3.06. The van der Waals surface area contributed by atoms with Gasteiger partial charge in [-0.15, -0.1) is 0 Å². The first-order valence-corrected chi connectivity index (χ1v) is 8.33. The number of primary amides is 1. The van der Waals surface area contributed by atoms with Gasteiger partial charge < -0.3 is 27.2 Å². The van der Waals surface area contributed by atoms with E-state index in [0.717, 1.165) is 0 Å². The molecule has 9 heteroatoms. The molecule has 0 saturated carbocycles. The van der Waals surface area contributed by atoms with Crippen molar-refractivity contribution in [3.8, 4) is 0 Å². The molecule has 0 aliphatic carbocycles. The Morgan fingerprint density at radius 2 is 1.48 bits per heavy atom. The first-order chi connectivity index (χ1) is 11.5. The number of carbonyl (C=O) groups is 4. The van der Waals surface area contributed by atoms with Crippen LogP contribution in [0.2, 0.25) is 0 Å². The Labute approximate surface area is 147 Å². The molecular weight excluding hydrogens is 328 g/mol. The van der Waals surface area contributed by atoms with Crippen molar-refractivity contribution in [3.05, 3.63) is 0 Å². The van der Waals surface area contributed by atoms with Crippen molar-refractivity contribution in [2.45, 2.75) is 65.1 Å². The van der Waals surface area contributed by atoms with E-state index in [2.05, 4.69) is 10.6 Å². The van der Waals surface area contributed by atoms with Crippen molar-refractivity contribution in [2.24, 2.45) is 23.3 Å². The summed E-state index contributed by atoms with van der Waals surface area (Å²) in [7, 11) is 0. The first kappa shape index (κ1) is 22.8. The van der Waals surface area contributed by atoms with Crippen LogP contribution in [0.4, 0.5) is 0 Å². The summed E-state index contributed by atoms with van der Waals surface area (Å²) in [5, 5.41) is 14.1. The largest absolute Gasteiger partial charge is 0.480 e.